The van der Waals surface area contributed by atoms with Crippen LogP contribution in [0.1, 0.15) is 35.6 Å². The van der Waals surface area contributed by atoms with Crippen LogP contribution in [0.3, 0.4) is 0 Å². The summed E-state index contributed by atoms with van der Waals surface area (Å²) in [7, 11) is 0. The molecule has 0 aliphatic heterocycles. The third kappa shape index (κ3) is 5.47. The molecule has 3 aromatic rings. The van der Waals surface area contributed by atoms with Gasteiger partial charge in [-0.25, -0.2) is 9.82 Å². The highest BCUT2D eigenvalue weighted by molar-refractivity contribution is 7.90. The number of carbonyl (C=O) groups is 1. The third-order valence-electron chi connectivity index (χ3n) is 5.59. The Hall–Kier alpha value is -3.19. The molecule has 0 fully saturated rings. The van der Waals surface area contributed by atoms with Crippen LogP contribution in [0.2, 0.25) is 5.02 Å². The first-order valence-electron chi connectivity index (χ1n) is 10.5. The Balaban J connectivity index is 1.58. The summed E-state index contributed by atoms with van der Waals surface area (Å²) in [6.45, 7) is 1.93. The maximum atomic E-state index is 14.1. The second-order valence-corrected chi connectivity index (χ2v) is 9.71. The van der Waals surface area contributed by atoms with Crippen molar-refractivity contribution in [2.45, 2.75) is 18.2 Å². The van der Waals surface area contributed by atoms with Crippen LogP contribution < -0.4 is 5.43 Å². The molecule has 1 aliphatic carbocycles. The number of nitrogens with one attached hydrogen (secondary N) is 1. The Morgan fingerprint density at radius 2 is 1.74 bits per heavy atom. The van der Waals surface area contributed by atoms with Crippen LogP contribution >= 0.6 is 11.6 Å². The first-order chi connectivity index (χ1) is 16.3. The van der Waals surface area contributed by atoms with Crippen molar-refractivity contribution in [2.75, 3.05) is 6.26 Å². The number of benzene rings is 3. The molecule has 1 N–H and O–H groups in total. The zero-order chi connectivity index (χ0) is 24.2. The standard InChI is InChI=1S/C27H22ClFN2O2S/c1-17-24(13-18-5-10-22(11-6-18)34(2)33)23-12-9-21(29)14-26(23)25(17)15-27(32)31-30-16-19-3-7-20(28)8-4-19/h3-14,16H,15H2,1-2H3,(H,31,32)/b24-13-,30-16-. The lowest BCUT2D eigenvalue weighted by molar-refractivity contribution is -0.120. The van der Waals surface area contributed by atoms with Crippen molar-refractivity contribution in [1.82, 2.24) is 5.43 Å². The molecule has 0 heterocycles. The van der Waals surface area contributed by atoms with Crippen molar-refractivity contribution < 1.29 is 13.7 Å². The Morgan fingerprint density at radius 1 is 1.06 bits per heavy atom. The van der Waals surface area contributed by atoms with Crippen molar-refractivity contribution in [3.8, 4) is 0 Å². The lowest BCUT2D eigenvalue weighted by Gasteiger charge is -2.06. The SMILES string of the molecule is CC1=C(CC(=O)N/N=C\c2ccc(Cl)cc2)c2cc(F)ccc2/C1=C\c1ccc([S+](C)[O-])cc1. The maximum Gasteiger partial charge on any atom is 0.244 e. The van der Waals surface area contributed by atoms with E-state index < -0.39 is 11.2 Å². The van der Waals surface area contributed by atoms with E-state index >= 15 is 0 Å². The summed E-state index contributed by atoms with van der Waals surface area (Å²) in [5.74, 6) is -0.660. The molecule has 4 nitrogen and oxygen atoms in total. The smallest absolute Gasteiger partial charge is 0.244 e. The molecule has 1 aliphatic rings. The minimum Gasteiger partial charge on any atom is -0.612 e. The number of halogens is 2. The summed E-state index contributed by atoms with van der Waals surface area (Å²) >= 11 is 4.83. The van der Waals surface area contributed by atoms with Crippen molar-refractivity contribution in [1.29, 1.82) is 0 Å². The van der Waals surface area contributed by atoms with Gasteiger partial charge in [-0.15, -0.1) is 0 Å². The third-order valence-corrected chi connectivity index (χ3v) is 6.77. The fourth-order valence-corrected chi connectivity index (χ4v) is 4.48. The zero-order valence-corrected chi connectivity index (χ0v) is 20.2. The fourth-order valence-electron chi connectivity index (χ4n) is 3.83. The van der Waals surface area contributed by atoms with E-state index in [4.69, 9.17) is 11.6 Å². The molecule has 172 valence electrons. The fraction of sp³-hybridized carbons (Fsp3) is 0.111. The lowest BCUT2D eigenvalue weighted by atomic mass is 10.0. The zero-order valence-electron chi connectivity index (χ0n) is 18.6. The van der Waals surface area contributed by atoms with Gasteiger partial charge in [0.2, 0.25) is 5.91 Å². The lowest BCUT2D eigenvalue weighted by Crippen LogP contribution is -2.17. The molecule has 1 unspecified atom stereocenters. The van der Waals surface area contributed by atoms with Crippen LogP contribution in [-0.4, -0.2) is 22.9 Å². The van der Waals surface area contributed by atoms with Gasteiger partial charge >= 0.3 is 0 Å². The molecule has 1 atom stereocenters. The highest BCUT2D eigenvalue weighted by Gasteiger charge is 2.25. The van der Waals surface area contributed by atoms with Gasteiger partial charge in [-0.2, -0.15) is 5.10 Å². The molecule has 0 bridgehead atoms. The summed E-state index contributed by atoms with van der Waals surface area (Å²) < 4.78 is 25.8. The molecule has 1 amide bonds. The second-order valence-electron chi connectivity index (χ2n) is 7.90. The maximum absolute atomic E-state index is 14.1. The van der Waals surface area contributed by atoms with Crippen molar-refractivity contribution in [3.05, 3.63) is 105 Å². The van der Waals surface area contributed by atoms with Crippen LogP contribution in [0.4, 0.5) is 4.39 Å². The van der Waals surface area contributed by atoms with Crippen molar-refractivity contribution >= 4 is 52.1 Å². The molecule has 3 aromatic carbocycles. The Labute approximate surface area is 206 Å². The van der Waals surface area contributed by atoms with Crippen LogP contribution in [0.25, 0.3) is 17.2 Å². The van der Waals surface area contributed by atoms with Gasteiger partial charge in [0.15, 0.2) is 4.90 Å². The summed E-state index contributed by atoms with van der Waals surface area (Å²) in [5, 5.41) is 4.64. The van der Waals surface area contributed by atoms with E-state index in [-0.39, 0.29) is 18.1 Å². The minimum atomic E-state index is -1.05. The number of hydrogen-bond acceptors (Lipinski definition) is 3. The molecule has 0 aromatic heterocycles. The highest BCUT2D eigenvalue weighted by atomic mass is 35.5. The molecule has 0 radical (unpaired) electrons. The number of rotatable bonds is 6. The van der Waals surface area contributed by atoms with E-state index in [1.54, 1.807) is 36.6 Å². The number of allylic oxidation sites excluding steroid dienone is 2. The first kappa shape index (κ1) is 24.0. The van der Waals surface area contributed by atoms with E-state index in [1.807, 2.05) is 37.3 Å². The number of fused-ring (bicyclic) bond motifs is 1. The van der Waals surface area contributed by atoms with Crippen molar-refractivity contribution in [3.63, 3.8) is 0 Å². The summed E-state index contributed by atoms with van der Waals surface area (Å²) in [4.78, 5) is 13.4. The van der Waals surface area contributed by atoms with Gasteiger partial charge in [-0.1, -0.05) is 29.8 Å². The van der Waals surface area contributed by atoms with Gasteiger partial charge in [0, 0.05) is 5.02 Å². The van der Waals surface area contributed by atoms with E-state index in [2.05, 4.69) is 10.5 Å². The summed E-state index contributed by atoms with van der Waals surface area (Å²) in [6, 6.07) is 19.1. The predicted octanol–water partition coefficient (Wildman–Crippen LogP) is 6.08. The van der Waals surface area contributed by atoms with Gasteiger partial charge in [0.25, 0.3) is 0 Å². The van der Waals surface area contributed by atoms with Crippen molar-refractivity contribution in [2.24, 2.45) is 5.10 Å². The topological polar surface area (TPSA) is 64.5 Å². The minimum absolute atomic E-state index is 0.0609. The molecule has 0 saturated carbocycles. The van der Waals surface area contributed by atoms with E-state index in [0.29, 0.717) is 10.6 Å². The first-order valence-corrected chi connectivity index (χ1v) is 12.5. The normalized spacial score (nSPS) is 15.1. The van der Waals surface area contributed by atoms with Gasteiger partial charge < -0.3 is 4.55 Å². The number of nitrogens with zero attached hydrogens (tertiary/aromatic N) is 1. The number of hydrogen-bond donors (Lipinski definition) is 1. The van der Waals surface area contributed by atoms with Crippen LogP contribution in [-0.2, 0) is 16.0 Å². The van der Waals surface area contributed by atoms with Gasteiger partial charge in [0.05, 0.1) is 12.6 Å². The Kier molecular flexibility index (Phi) is 7.32. The van der Waals surface area contributed by atoms with E-state index in [9.17, 15) is 13.7 Å². The highest BCUT2D eigenvalue weighted by Crippen LogP contribution is 2.43. The molecule has 7 heteroatoms. The predicted molar refractivity (Wildman–Crippen MR) is 137 cm³/mol. The van der Waals surface area contributed by atoms with Crippen LogP contribution in [0.5, 0.6) is 0 Å². The second kappa shape index (κ2) is 10.4. The average molecular weight is 493 g/mol. The number of hydrazone groups is 1. The van der Waals surface area contributed by atoms with Gasteiger partial charge in [-0.05, 0) is 112 Å². The average Bonchev–Trinajstić information content (AvgIpc) is 3.06. The molecule has 0 saturated heterocycles. The summed E-state index contributed by atoms with van der Waals surface area (Å²) in [5.41, 5.74) is 8.43. The van der Waals surface area contributed by atoms with Crippen LogP contribution in [0.15, 0.2) is 82.3 Å². The Bertz CT molecular complexity index is 1310. The summed E-state index contributed by atoms with van der Waals surface area (Å²) in [6.07, 6.45) is 5.23. The van der Waals surface area contributed by atoms with Gasteiger partial charge in [0.1, 0.15) is 12.1 Å². The molecule has 0 spiro atoms. The van der Waals surface area contributed by atoms with Crippen LogP contribution in [0, 0.1) is 5.82 Å². The monoisotopic (exact) mass is 492 g/mol. The largest absolute Gasteiger partial charge is 0.612 e. The number of amides is 1. The van der Waals surface area contributed by atoms with E-state index in [0.717, 1.165) is 38.3 Å². The molecular weight excluding hydrogens is 471 g/mol. The quantitative estimate of drug-likeness (QED) is 0.257. The van der Waals surface area contributed by atoms with E-state index in [1.165, 1.54) is 18.3 Å². The van der Waals surface area contributed by atoms with Gasteiger partial charge in [-0.3, -0.25) is 4.79 Å². The molecule has 34 heavy (non-hydrogen) atoms. The Morgan fingerprint density at radius 3 is 2.41 bits per heavy atom. The molecule has 4 rings (SSSR count). The molecular formula is C27H22ClFN2O2S. The number of carbonyl (C=O) groups excluding carboxylic acids is 1.